The Morgan fingerprint density at radius 2 is 1.62 bits per heavy atom. The van der Waals surface area contributed by atoms with Gasteiger partial charge >= 0.3 is 0 Å². The first-order chi connectivity index (χ1) is 12.9. The average molecular weight is 351 g/mol. The molecule has 0 bridgehead atoms. The van der Waals surface area contributed by atoms with Gasteiger partial charge in [0.2, 0.25) is 5.95 Å². The number of nitrogens with zero attached hydrogens (tertiary/aromatic N) is 8. The average Bonchev–Trinajstić information content (AvgIpc) is 3.40. The van der Waals surface area contributed by atoms with E-state index in [1.807, 2.05) is 12.3 Å². The molecule has 5 heterocycles. The lowest BCUT2D eigenvalue weighted by atomic mass is 10.3. The molecule has 9 nitrogen and oxygen atoms in total. The zero-order valence-corrected chi connectivity index (χ0v) is 14.5. The van der Waals surface area contributed by atoms with E-state index >= 15 is 0 Å². The maximum Gasteiger partial charge on any atom is 0.227 e. The van der Waals surface area contributed by atoms with Gasteiger partial charge in [-0.2, -0.15) is 4.98 Å². The van der Waals surface area contributed by atoms with Crippen LogP contribution in [0.3, 0.4) is 0 Å². The summed E-state index contributed by atoms with van der Waals surface area (Å²) in [6.07, 6.45) is 7.61. The Balaban J connectivity index is 1.31. The number of imidazole rings is 1. The van der Waals surface area contributed by atoms with Crippen LogP contribution in [0.4, 0.5) is 17.6 Å². The third-order valence-corrected chi connectivity index (χ3v) is 5.12. The van der Waals surface area contributed by atoms with E-state index in [-0.39, 0.29) is 0 Å². The van der Waals surface area contributed by atoms with Crippen LogP contribution in [0.15, 0.2) is 24.9 Å². The van der Waals surface area contributed by atoms with Crippen molar-refractivity contribution < 1.29 is 0 Å². The molecule has 0 aromatic carbocycles. The van der Waals surface area contributed by atoms with E-state index < -0.39 is 0 Å². The number of hydrogen-bond donors (Lipinski definition) is 1. The molecular weight excluding hydrogens is 330 g/mol. The van der Waals surface area contributed by atoms with E-state index in [1.165, 1.54) is 12.8 Å². The van der Waals surface area contributed by atoms with Gasteiger partial charge in [0, 0.05) is 45.5 Å². The molecule has 2 aliphatic heterocycles. The standard InChI is InChI=1S/C17H21N9/c1-2-6-24(5-1)13-3-4-18-17(23-13)26-9-7-25(8-10-26)16-14-15(20-11-19-14)21-12-22-16/h3-4,11-12H,1-2,5-10H2,(H,19,20,21,22). The summed E-state index contributed by atoms with van der Waals surface area (Å²) >= 11 is 0. The number of anilines is 3. The van der Waals surface area contributed by atoms with E-state index in [2.05, 4.69) is 39.6 Å². The normalized spacial score (nSPS) is 18.1. The highest BCUT2D eigenvalue weighted by Crippen LogP contribution is 2.23. The van der Waals surface area contributed by atoms with Crippen LogP contribution in [0, 0.1) is 0 Å². The molecule has 0 amide bonds. The number of H-pyrrole nitrogens is 1. The molecule has 2 aliphatic rings. The van der Waals surface area contributed by atoms with Crippen LogP contribution in [0.1, 0.15) is 12.8 Å². The van der Waals surface area contributed by atoms with Gasteiger partial charge in [-0.3, -0.25) is 0 Å². The number of fused-ring (bicyclic) bond motifs is 1. The quantitative estimate of drug-likeness (QED) is 0.749. The molecule has 2 saturated heterocycles. The second kappa shape index (κ2) is 6.40. The Kier molecular flexibility index (Phi) is 3.76. The minimum absolute atomic E-state index is 0.707. The van der Waals surface area contributed by atoms with Gasteiger partial charge < -0.3 is 19.7 Å². The van der Waals surface area contributed by atoms with E-state index in [1.54, 1.807) is 12.7 Å². The van der Waals surface area contributed by atoms with Crippen molar-refractivity contribution in [2.24, 2.45) is 0 Å². The lowest BCUT2D eigenvalue weighted by Gasteiger charge is -2.35. The number of rotatable bonds is 3. The number of nitrogens with one attached hydrogen (secondary N) is 1. The van der Waals surface area contributed by atoms with E-state index in [9.17, 15) is 0 Å². The topological polar surface area (TPSA) is 90.0 Å². The van der Waals surface area contributed by atoms with Crippen molar-refractivity contribution in [1.29, 1.82) is 0 Å². The molecule has 2 fully saturated rings. The largest absolute Gasteiger partial charge is 0.356 e. The zero-order chi connectivity index (χ0) is 17.3. The number of hydrogen-bond acceptors (Lipinski definition) is 8. The molecule has 0 unspecified atom stereocenters. The van der Waals surface area contributed by atoms with E-state index in [0.717, 1.165) is 62.4 Å². The summed E-state index contributed by atoms with van der Waals surface area (Å²) in [6.45, 7) is 5.65. The first kappa shape index (κ1) is 15.3. The van der Waals surface area contributed by atoms with Crippen molar-refractivity contribution >= 4 is 28.7 Å². The number of aromatic nitrogens is 6. The number of aromatic amines is 1. The Hall–Kier alpha value is -2.97. The van der Waals surface area contributed by atoms with Crippen molar-refractivity contribution in [3.8, 4) is 0 Å². The van der Waals surface area contributed by atoms with Gasteiger partial charge in [-0.15, -0.1) is 0 Å². The van der Waals surface area contributed by atoms with Crippen LogP contribution in [-0.2, 0) is 0 Å². The fraction of sp³-hybridized carbons (Fsp3) is 0.471. The molecule has 0 aliphatic carbocycles. The van der Waals surface area contributed by atoms with Gasteiger partial charge in [0.05, 0.1) is 6.33 Å². The van der Waals surface area contributed by atoms with Crippen LogP contribution in [-0.4, -0.2) is 69.2 Å². The Labute approximate surface area is 151 Å². The maximum atomic E-state index is 4.80. The monoisotopic (exact) mass is 351 g/mol. The summed E-state index contributed by atoms with van der Waals surface area (Å²) in [5, 5.41) is 0. The van der Waals surface area contributed by atoms with Crippen LogP contribution in [0.5, 0.6) is 0 Å². The highest BCUT2D eigenvalue weighted by molar-refractivity contribution is 5.82. The molecule has 1 N–H and O–H groups in total. The first-order valence-electron chi connectivity index (χ1n) is 9.10. The first-order valence-corrected chi connectivity index (χ1v) is 9.10. The van der Waals surface area contributed by atoms with Crippen LogP contribution in [0.25, 0.3) is 11.2 Å². The Morgan fingerprint density at radius 3 is 2.46 bits per heavy atom. The summed E-state index contributed by atoms with van der Waals surface area (Å²) in [6, 6.07) is 2.01. The van der Waals surface area contributed by atoms with Crippen LogP contribution in [0.2, 0.25) is 0 Å². The molecule has 0 spiro atoms. The fourth-order valence-corrected chi connectivity index (χ4v) is 3.72. The molecule has 9 heteroatoms. The van der Waals surface area contributed by atoms with E-state index in [0.29, 0.717) is 5.65 Å². The highest BCUT2D eigenvalue weighted by Gasteiger charge is 2.23. The molecule has 5 rings (SSSR count). The summed E-state index contributed by atoms with van der Waals surface area (Å²) in [7, 11) is 0. The molecule has 26 heavy (non-hydrogen) atoms. The fourth-order valence-electron chi connectivity index (χ4n) is 3.72. The molecule has 0 radical (unpaired) electrons. The van der Waals surface area contributed by atoms with Gasteiger partial charge in [0.1, 0.15) is 17.7 Å². The molecule has 134 valence electrons. The second-order valence-electron chi connectivity index (χ2n) is 6.68. The molecular formula is C17H21N9. The SMILES string of the molecule is c1cc(N2CCCC2)nc(N2CCN(c3ncnc4nc[nH]c34)CC2)n1. The third kappa shape index (κ3) is 2.69. The molecule has 0 saturated carbocycles. The number of piperazine rings is 1. The summed E-state index contributed by atoms with van der Waals surface area (Å²) in [4.78, 5) is 32.2. The molecule has 3 aromatic rings. The van der Waals surface area contributed by atoms with Crippen molar-refractivity contribution in [3.63, 3.8) is 0 Å². The second-order valence-corrected chi connectivity index (χ2v) is 6.68. The third-order valence-electron chi connectivity index (χ3n) is 5.12. The van der Waals surface area contributed by atoms with Gasteiger partial charge in [-0.1, -0.05) is 0 Å². The summed E-state index contributed by atoms with van der Waals surface area (Å²) in [5.41, 5.74) is 1.60. The predicted octanol–water partition coefficient (Wildman–Crippen LogP) is 1.07. The Morgan fingerprint density at radius 1 is 0.808 bits per heavy atom. The van der Waals surface area contributed by atoms with Crippen LogP contribution >= 0.6 is 0 Å². The smallest absolute Gasteiger partial charge is 0.227 e. The van der Waals surface area contributed by atoms with Crippen molar-refractivity contribution in [3.05, 3.63) is 24.9 Å². The van der Waals surface area contributed by atoms with Gasteiger partial charge in [0.15, 0.2) is 11.5 Å². The zero-order valence-electron chi connectivity index (χ0n) is 14.5. The van der Waals surface area contributed by atoms with E-state index in [4.69, 9.17) is 4.98 Å². The van der Waals surface area contributed by atoms with Crippen LogP contribution < -0.4 is 14.7 Å². The predicted molar refractivity (Wildman–Crippen MR) is 99.6 cm³/mol. The molecule has 3 aromatic heterocycles. The van der Waals surface area contributed by atoms with Crippen molar-refractivity contribution in [2.75, 3.05) is 54.0 Å². The summed E-state index contributed by atoms with van der Waals surface area (Å²) < 4.78 is 0. The summed E-state index contributed by atoms with van der Waals surface area (Å²) in [5.74, 6) is 2.78. The minimum Gasteiger partial charge on any atom is -0.356 e. The molecule has 0 atom stereocenters. The lowest BCUT2D eigenvalue weighted by molar-refractivity contribution is 0.635. The highest BCUT2D eigenvalue weighted by atomic mass is 15.3. The van der Waals surface area contributed by atoms with Crippen molar-refractivity contribution in [2.45, 2.75) is 12.8 Å². The minimum atomic E-state index is 0.707. The maximum absolute atomic E-state index is 4.80. The van der Waals surface area contributed by atoms with Crippen molar-refractivity contribution in [1.82, 2.24) is 29.9 Å². The van der Waals surface area contributed by atoms with Gasteiger partial charge in [0.25, 0.3) is 0 Å². The lowest BCUT2D eigenvalue weighted by Crippen LogP contribution is -2.47. The Bertz CT molecular complexity index is 894. The van der Waals surface area contributed by atoms with Gasteiger partial charge in [-0.05, 0) is 18.9 Å². The van der Waals surface area contributed by atoms with Gasteiger partial charge in [-0.25, -0.2) is 19.9 Å².